The average molecular weight is 384 g/mol. The summed E-state index contributed by atoms with van der Waals surface area (Å²) in [5, 5.41) is 4.43. The minimum atomic E-state index is -0.687. The number of halogens is 1. The number of imide groups is 1. The summed E-state index contributed by atoms with van der Waals surface area (Å²) in [4.78, 5) is 34.8. The van der Waals surface area contributed by atoms with E-state index in [1.807, 2.05) is 19.9 Å². The Balaban J connectivity index is 1.67. The molecule has 9 heteroatoms. The lowest BCUT2D eigenvalue weighted by molar-refractivity contribution is -0.137. The number of carbonyl (C=O) groups is 2. The number of likely N-dealkylation sites (N-methyl/N-ethyl adjacent to an activating group) is 2. The molecule has 0 bridgehead atoms. The number of carbonyl (C=O) groups excluding carboxylic acids is 2. The van der Waals surface area contributed by atoms with E-state index in [1.165, 1.54) is 11.0 Å². The van der Waals surface area contributed by atoms with Gasteiger partial charge in [0.25, 0.3) is 5.91 Å². The van der Waals surface area contributed by atoms with Crippen LogP contribution in [0, 0.1) is 19.7 Å². The Kier molecular flexibility index (Phi) is 4.17. The number of urea groups is 1. The fourth-order valence-electron chi connectivity index (χ4n) is 3.73. The summed E-state index contributed by atoms with van der Waals surface area (Å²) in [6.45, 7) is 3.66. The zero-order valence-electron chi connectivity index (χ0n) is 16.1. The van der Waals surface area contributed by atoms with E-state index < -0.39 is 30.0 Å². The average Bonchev–Trinajstić information content (AvgIpc) is 3.17. The maximum Gasteiger partial charge on any atom is 0.328 e. The molecule has 2 unspecified atom stereocenters. The first-order valence-electron chi connectivity index (χ1n) is 8.95. The molecule has 2 aliphatic heterocycles. The molecule has 0 saturated carbocycles. The quantitative estimate of drug-likeness (QED) is 0.788. The minimum Gasteiger partial charge on any atom is -0.328 e. The highest BCUT2D eigenvalue weighted by atomic mass is 19.1. The van der Waals surface area contributed by atoms with Gasteiger partial charge in [0.05, 0.1) is 12.2 Å². The van der Waals surface area contributed by atoms with Crippen LogP contribution in [0.2, 0.25) is 0 Å². The smallest absolute Gasteiger partial charge is 0.328 e. The number of benzene rings is 1. The van der Waals surface area contributed by atoms with Crippen molar-refractivity contribution in [1.82, 2.24) is 24.5 Å². The van der Waals surface area contributed by atoms with E-state index in [4.69, 9.17) is 0 Å². The van der Waals surface area contributed by atoms with Gasteiger partial charge in [-0.05, 0) is 26.0 Å². The number of aryl methyl sites for hydroxylation is 2. The van der Waals surface area contributed by atoms with Crippen LogP contribution < -0.4 is 0 Å². The second-order valence-corrected chi connectivity index (χ2v) is 7.15. The fourth-order valence-corrected chi connectivity index (χ4v) is 3.73. The second kappa shape index (κ2) is 6.43. The van der Waals surface area contributed by atoms with Crippen LogP contribution in [0.1, 0.15) is 17.0 Å². The van der Waals surface area contributed by atoms with Gasteiger partial charge in [-0.2, -0.15) is 5.10 Å². The Bertz CT molecular complexity index is 1000. The van der Waals surface area contributed by atoms with Crippen LogP contribution in [-0.2, 0) is 11.3 Å². The molecule has 0 N–H and O–H groups in total. The molecule has 0 radical (unpaired) electrons. The molecule has 2 aromatic rings. The second-order valence-electron chi connectivity index (χ2n) is 7.15. The standard InChI is InChI=1S/C19H21FN6O2/c1-11-9-12(2)26(22-11)18-21-16-15(23(18)3)17(27)25(19(28)24(16)4)10-13-7-5-6-8-14(13)20/h5-9,15-16H,10H2,1-4H3. The largest absolute Gasteiger partial charge is 0.328 e. The SMILES string of the molecule is Cc1cc(C)n(C2=NC3C(C(=O)N(Cc4ccccc4F)C(=O)N3C)N2C)n1. The summed E-state index contributed by atoms with van der Waals surface area (Å²) in [6, 6.07) is 6.86. The molecule has 28 heavy (non-hydrogen) atoms. The Morgan fingerprint density at radius 1 is 1.11 bits per heavy atom. The monoisotopic (exact) mass is 384 g/mol. The number of aromatic nitrogens is 2. The molecule has 1 aromatic heterocycles. The van der Waals surface area contributed by atoms with Crippen LogP contribution in [0.15, 0.2) is 35.3 Å². The van der Waals surface area contributed by atoms with Crippen molar-refractivity contribution in [2.75, 3.05) is 14.1 Å². The number of nitrogens with zero attached hydrogens (tertiary/aromatic N) is 6. The first-order valence-corrected chi connectivity index (χ1v) is 8.95. The van der Waals surface area contributed by atoms with Gasteiger partial charge < -0.3 is 9.80 Å². The summed E-state index contributed by atoms with van der Waals surface area (Å²) in [5.74, 6) is -0.354. The van der Waals surface area contributed by atoms with Crippen molar-refractivity contribution < 1.29 is 14.0 Å². The highest BCUT2D eigenvalue weighted by Gasteiger charge is 2.51. The van der Waals surface area contributed by atoms with Crippen LogP contribution in [0.3, 0.4) is 0 Å². The molecule has 8 nitrogen and oxygen atoms in total. The summed E-state index contributed by atoms with van der Waals surface area (Å²) in [7, 11) is 3.35. The zero-order valence-corrected chi connectivity index (χ0v) is 16.1. The number of amides is 3. The predicted octanol–water partition coefficient (Wildman–Crippen LogP) is 1.58. The normalized spacial score (nSPS) is 22.0. The third-order valence-corrected chi connectivity index (χ3v) is 5.20. The fraction of sp³-hybridized carbons (Fsp3) is 0.368. The lowest BCUT2D eigenvalue weighted by Crippen LogP contribution is -2.64. The van der Waals surface area contributed by atoms with Gasteiger partial charge in [-0.25, -0.2) is 18.9 Å². The van der Waals surface area contributed by atoms with Gasteiger partial charge in [-0.15, -0.1) is 0 Å². The van der Waals surface area contributed by atoms with E-state index in [0.717, 1.165) is 16.3 Å². The van der Waals surface area contributed by atoms with Gasteiger partial charge in [0.1, 0.15) is 5.82 Å². The molecule has 1 aromatic carbocycles. The van der Waals surface area contributed by atoms with Crippen LogP contribution in [0.5, 0.6) is 0 Å². The molecule has 3 heterocycles. The number of hydrogen-bond acceptors (Lipinski definition) is 5. The van der Waals surface area contributed by atoms with E-state index in [0.29, 0.717) is 5.96 Å². The molecule has 1 fully saturated rings. The molecule has 146 valence electrons. The van der Waals surface area contributed by atoms with Crippen molar-refractivity contribution in [3.63, 3.8) is 0 Å². The molecular weight excluding hydrogens is 363 g/mol. The Morgan fingerprint density at radius 2 is 1.82 bits per heavy atom. The summed E-state index contributed by atoms with van der Waals surface area (Å²) in [6.07, 6.45) is -0.652. The van der Waals surface area contributed by atoms with E-state index in [2.05, 4.69) is 10.1 Å². The van der Waals surface area contributed by atoms with Gasteiger partial charge in [0.2, 0.25) is 5.96 Å². The van der Waals surface area contributed by atoms with Gasteiger partial charge in [0, 0.05) is 25.4 Å². The highest BCUT2D eigenvalue weighted by Crippen LogP contribution is 2.28. The van der Waals surface area contributed by atoms with Gasteiger partial charge in [-0.3, -0.25) is 9.69 Å². The first-order chi connectivity index (χ1) is 13.3. The number of aliphatic imine (C=N–C) groups is 1. The maximum absolute atomic E-state index is 14.1. The summed E-state index contributed by atoms with van der Waals surface area (Å²) in [5.41, 5.74) is 2.00. The van der Waals surface area contributed by atoms with Crippen molar-refractivity contribution in [3.05, 3.63) is 53.1 Å². The first kappa shape index (κ1) is 18.1. The highest BCUT2D eigenvalue weighted by molar-refractivity contribution is 6.03. The Morgan fingerprint density at radius 3 is 2.46 bits per heavy atom. The Labute approximate surface area is 161 Å². The Hall–Kier alpha value is -3.23. The lowest BCUT2D eigenvalue weighted by Gasteiger charge is -2.40. The third kappa shape index (κ3) is 2.65. The molecule has 2 atom stereocenters. The van der Waals surface area contributed by atoms with Gasteiger partial charge in [-0.1, -0.05) is 18.2 Å². The van der Waals surface area contributed by atoms with Crippen molar-refractivity contribution in [2.24, 2.45) is 4.99 Å². The molecular formula is C19H21FN6O2. The molecule has 0 spiro atoms. The van der Waals surface area contributed by atoms with Crippen LogP contribution in [0.4, 0.5) is 9.18 Å². The van der Waals surface area contributed by atoms with Crippen LogP contribution >= 0.6 is 0 Å². The molecule has 0 aliphatic carbocycles. The number of hydrogen-bond donors (Lipinski definition) is 0. The van der Waals surface area contributed by atoms with Crippen molar-refractivity contribution in [3.8, 4) is 0 Å². The van der Waals surface area contributed by atoms with Crippen LogP contribution in [0.25, 0.3) is 0 Å². The topological polar surface area (TPSA) is 74.0 Å². The van der Waals surface area contributed by atoms with Crippen molar-refractivity contribution in [2.45, 2.75) is 32.6 Å². The summed E-state index contributed by atoms with van der Waals surface area (Å²) < 4.78 is 15.7. The maximum atomic E-state index is 14.1. The molecule has 1 saturated heterocycles. The minimum absolute atomic E-state index is 0.124. The van der Waals surface area contributed by atoms with E-state index in [9.17, 15) is 14.0 Å². The van der Waals surface area contributed by atoms with E-state index in [1.54, 1.807) is 41.9 Å². The van der Waals surface area contributed by atoms with Gasteiger partial charge >= 0.3 is 6.03 Å². The zero-order chi connectivity index (χ0) is 20.2. The molecule has 4 rings (SSSR count). The van der Waals surface area contributed by atoms with Crippen molar-refractivity contribution in [1.29, 1.82) is 0 Å². The number of rotatable bonds is 2. The number of fused-ring (bicyclic) bond motifs is 1. The van der Waals surface area contributed by atoms with E-state index in [-0.39, 0.29) is 12.1 Å². The van der Waals surface area contributed by atoms with E-state index >= 15 is 0 Å². The van der Waals surface area contributed by atoms with Gasteiger partial charge in [0.15, 0.2) is 12.2 Å². The van der Waals surface area contributed by atoms with Crippen molar-refractivity contribution >= 4 is 17.9 Å². The lowest BCUT2D eigenvalue weighted by atomic mass is 10.1. The summed E-state index contributed by atoms with van der Waals surface area (Å²) >= 11 is 0. The predicted molar refractivity (Wildman–Crippen MR) is 100.0 cm³/mol. The molecule has 2 aliphatic rings. The van der Waals surface area contributed by atoms with Crippen LogP contribution in [-0.4, -0.2) is 68.7 Å². The molecule has 3 amide bonds. The third-order valence-electron chi connectivity index (χ3n) is 5.20.